The zero-order valence-electron chi connectivity index (χ0n) is 19.3. The second-order valence-electron chi connectivity index (χ2n) is 9.30. The lowest BCUT2D eigenvalue weighted by atomic mass is 9.85. The number of thioether (sulfide) groups is 1. The SMILES string of the molecule is CC(C)COc1ccc(/C=C2\SC(Nc3ccccc3)N([C@@H]3CCCC[C@H]3C)C2=O)cc1. The molecule has 4 rings (SSSR count). The molecule has 32 heavy (non-hydrogen) atoms. The molecule has 2 aliphatic rings. The highest BCUT2D eigenvalue weighted by molar-refractivity contribution is 8.05. The average molecular weight is 451 g/mol. The van der Waals surface area contributed by atoms with Crippen molar-refractivity contribution in [2.45, 2.75) is 58.0 Å². The van der Waals surface area contributed by atoms with Crippen LogP contribution in [-0.4, -0.2) is 29.0 Å². The van der Waals surface area contributed by atoms with Gasteiger partial charge in [-0.2, -0.15) is 0 Å². The van der Waals surface area contributed by atoms with E-state index < -0.39 is 0 Å². The monoisotopic (exact) mass is 450 g/mol. The molecule has 2 aromatic carbocycles. The van der Waals surface area contributed by atoms with Crippen LogP contribution in [0.5, 0.6) is 5.75 Å². The number of nitrogens with zero attached hydrogens (tertiary/aromatic N) is 1. The van der Waals surface area contributed by atoms with Crippen molar-refractivity contribution in [1.82, 2.24) is 4.90 Å². The van der Waals surface area contributed by atoms with Crippen molar-refractivity contribution in [3.05, 3.63) is 65.1 Å². The van der Waals surface area contributed by atoms with Gasteiger partial charge in [0.1, 0.15) is 5.75 Å². The number of carbonyl (C=O) groups is 1. The molecule has 1 unspecified atom stereocenters. The van der Waals surface area contributed by atoms with E-state index in [1.807, 2.05) is 48.5 Å². The topological polar surface area (TPSA) is 41.6 Å². The lowest BCUT2D eigenvalue weighted by molar-refractivity contribution is -0.129. The van der Waals surface area contributed by atoms with Crippen molar-refractivity contribution in [3.63, 3.8) is 0 Å². The first kappa shape index (κ1) is 22.8. The van der Waals surface area contributed by atoms with Gasteiger partial charge in [-0.25, -0.2) is 0 Å². The maximum Gasteiger partial charge on any atom is 0.262 e. The van der Waals surface area contributed by atoms with Gasteiger partial charge in [-0.15, -0.1) is 0 Å². The molecule has 0 spiro atoms. The molecule has 1 aliphatic heterocycles. The molecule has 5 heteroatoms. The highest BCUT2D eigenvalue weighted by Crippen LogP contribution is 2.42. The molecule has 0 radical (unpaired) electrons. The van der Waals surface area contributed by atoms with Gasteiger partial charge in [0.25, 0.3) is 5.91 Å². The van der Waals surface area contributed by atoms with Crippen molar-refractivity contribution in [2.24, 2.45) is 11.8 Å². The van der Waals surface area contributed by atoms with Gasteiger partial charge >= 0.3 is 0 Å². The fourth-order valence-electron chi connectivity index (χ4n) is 4.44. The zero-order chi connectivity index (χ0) is 22.5. The molecule has 170 valence electrons. The molecule has 4 nitrogen and oxygen atoms in total. The molecule has 1 aliphatic carbocycles. The molecule has 1 saturated carbocycles. The number of rotatable bonds is 7. The summed E-state index contributed by atoms with van der Waals surface area (Å²) < 4.78 is 5.79. The van der Waals surface area contributed by atoms with Crippen LogP contribution < -0.4 is 10.1 Å². The third-order valence-corrected chi connectivity index (χ3v) is 7.30. The molecule has 2 fully saturated rings. The van der Waals surface area contributed by atoms with Gasteiger partial charge < -0.3 is 15.0 Å². The van der Waals surface area contributed by atoms with Crippen molar-refractivity contribution >= 4 is 29.4 Å². The first-order valence-electron chi connectivity index (χ1n) is 11.8. The number of benzene rings is 2. The standard InChI is InChI=1S/C27H34N2O2S/c1-19(2)18-31-23-15-13-21(14-16-23)17-25-26(30)29(24-12-8-7-9-20(24)3)27(32-25)28-22-10-5-4-6-11-22/h4-6,10-11,13-17,19-20,24,27-28H,7-9,12,18H2,1-3H3/b25-17-/t20-,24-,27?/m1/s1. The van der Waals surface area contributed by atoms with Crippen LogP contribution in [-0.2, 0) is 4.79 Å². The summed E-state index contributed by atoms with van der Waals surface area (Å²) >= 11 is 1.63. The van der Waals surface area contributed by atoms with Crippen molar-refractivity contribution in [3.8, 4) is 5.75 Å². The van der Waals surface area contributed by atoms with Crippen molar-refractivity contribution in [1.29, 1.82) is 0 Å². The largest absolute Gasteiger partial charge is 0.493 e. The van der Waals surface area contributed by atoms with Gasteiger partial charge in [-0.1, -0.05) is 75.7 Å². The molecular weight excluding hydrogens is 416 g/mol. The van der Waals surface area contributed by atoms with Crippen LogP contribution in [0.15, 0.2) is 59.5 Å². The molecule has 1 saturated heterocycles. The quantitative estimate of drug-likeness (QED) is 0.482. The Labute approximate surface area is 196 Å². The summed E-state index contributed by atoms with van der Waals surface area (Å²) in [5.74, 6) is 2.02. The molecule has 0 aromatic heterocycles. The third kappa shape index (κ3) is 5.50. The summed E-state index contributed by atoms with van der Waals surface area (Å²) in [5.41, 5.74) is 1.98. The highest BCUT2D eigenvalue weighted by atomic mass is 32.2. The van der Waals surface area contributed by atoms with Crippen molar-refractivity contribution in [2.75, 3.05) is 11.9 Å². The molecule has 2 aromatic rings. The van der Waals surface area contributed by atoms with E-state index in [-0.39, 0.29) is 17.4 Å². The lowest BCUT2D eigenvalue weighted by Crippen LogP contribution is -2.48. The minimum atomic E-state index is -0.0876. The highest BCUT2D eigenvalue weighted by Gasteiger charge is 2.42. The molecular formula is C27H34N2O2S. The summed E-state index contributed by atoms with van der Waals surface area (Å²) in [6, 6.07) is 18.5. The van der Waals surface area contributed by atoms with E-state index in [9.17, 15) is 4.79 Å². The van der Waals surface area contributed by atoms with E-state index in [1.54, 1.807) is 11.8 Å². The third-order valence-electron chi connectivity index (χ3n) is 6.19. The van der Waals surface area contributed by atoms with E-state index in [0.29, 0.717) is 18.4 Å². The van der Waals surface area contributed by atoms with Crippen LogP contribution in [0.1, 0.15) is 52.0 Å². The van der Waals surface area contributed by atoms with Gasteiger partial charge in [0.05, 0.1) is 11.5 Å². The Morgan fingerprint density at radius 1 is 1.09 bits per heavy atom. The molecule has 1 N–H and O–H groups in total. The van der Waals surface area contributed by atoms with E-state index in [2.05, 4.69) is 43.1 Å². The lowest BCUT2D eigenvalue weighted by Gasteiger charge is -2.39. The number of para-hydroxylation sites is 1. The number of hydrogen-bond acceptors (Lipinski definition) is 4. The van der Waals surface area contributed by atoms with Crippen LogP contribution in [0.2, 0.25) is 0 Å². The Hall–Kier alpha value is -2.40. The average Bonchev–Trinajstić information content (AvgIpc) is 3.08. The fourth-order valence-corrected chi connectivity index (χ4v) is 5.65. The van der Waals surface area contributed by atoms with Gasteiger partial charge in [0, 0.05) is 11.7 Å². The number of hydrogen-bond donors (Lipinski definition) is 1. The van der Waals surface area contributed by atoms with E-state index in [0.717, 1.165) is 28.3 Å². The van der Waals surface area contributed by atoms with Crippen LogP contribution in [0.25, 0.3) is 6.08 Å². The first-order valence-corrected chi connectivity index (χ1v) is 12.6. The minimum absolute atomic E-state index is 0.0876. The Morgan fingerprint density at radius 2 is 1.81 bits per heavy atom. The zero-order valence-corrected chi connectivity index (χ0v) is 20.1. The predicted molar refractivity (Wildman–Crippen MR) is 134 cm³/mol. The second kappa shape index (κ2) is 10.5. The molecule has 3 atom stereocenters. The maximum atomic E-state index is 13.6. The normalized spacial score (nSPS) is 24.9. The molecule has 0 bridgehead atoms. The summed E-state index contributed by atoms with van der Waals surface area (Å²) in [7, 11) is 0. The minimum Gasteiger partial charge on any atom is -0.493 e. The first-order chi connectivity index (χ1) is 15.5. The van der Waals surface area contributed by atoms with Crippen LogP contribution >= 0.6 is 11.8 Å². The number of nitrogens with one attached hydrogen (secondary N) is 1. The van der Waals surface area contributed by atoms with E-state index >= 15 is 0 Å². The maximum absolute atomic E-state index is 13.6. The summed E-state index contributed by atoms with van der Waals surface area (Å²) in [5, 5.41) is 3.60. The Bertz CT molecular complexity index is 926. The van der Waals surface area contributed by atoms with Gasteiger partial charge in [-0.05, 0) is 60.6 Å². The van der Waals surface area contributed by atoms with Crippen LogP contribution in [0.4, 0.5) is 5.69 Å². The number of carbonyl (C=O) groups excluding carboxylic acids is 1. The van der Waals surface area contributed by atoms with Crippen molar-refractivity contribution < 1.29 is 9.53 Å². The molecule has 1 amide bonds. The van der Waals surface area contributed by atoms with Gasteiger partial charge in [0.2, 0.25) is 0 Å². The predicted octanol–water partition coefficient (Wildman–Crippen LogP) is 6.61. The smallest absolute Gasteiger partial charge is 0.262 e. The summed E-state index contributed by atoms with van der Waals surface area (Å²) in [6.07, 6.45) is 6.74. The van der Waals surface area contributed by atoms with Gasteiger partial charge in [0.15, 0.2) is 5.50 Å². The Kier molecular flexibility index (Phi) is 7.46. The molecule has 1 heterocycles. The number of amides is 1. The summed E-state index contributed by atoms with van der Waals surface area (Å²) in [6.45, 7) is 7.27. The van der Waals surface area contributed by atoms with Crippen LogP contribution in [0, 0.1) is 11.8 Å². The summed E-state index contributed by atoms with van der Waals surface area (Å²) in [4.78, 5) is 16.5. The Balaban J connectivity index is 1.55. The second-order valence-corrected chi connectivity index (χ2v) is 10.4. The van der Waals surface area contributed by atoms with E-state index in [1.165, 1.54) is 19.3 Å². The van der Waals surface area contributed by atoms with Gasteiger partial charge in [-0.3, -0.25) is 4.79 Å². The Morgan fingerprint density at radius 3 is 2.50 bits per heavy atom. The number of anilines is 1. The van der Waals surface area contributed by atoms with E-state index in [4.69, 9.17) is 4.74 Å². The number of ether oxygens (including phenoxy) is 1. The van der Waals surface area contributed by atoms with Crippen LogP contribution in [0.3, 0.4) is 0 Å². The fraction of sp³-hybridized carbons (Fsp3) is 0.444.